The Morgan fingerprint density at radius 2 is 1.66 bits per heavy atom. The van der Waals surface area contributed by atoms with Gasteiger partial charge in [-0.25, -0.2) is 9.78 Å². The Morgan fingerprint density at radius 3 is 2.20 bits per heavy atom. The highest BCUT2D eigenvalue weighted by molar-refractivity contribution is 7.17. The fraction of sp³-hybridized carbons (Fsp3) is 0.269. The molecule has 3 rings (SSSR count). The number of aromatic nitrogens is 1. The van der Waals surface area contributed by atoms with E-state index in [9.17, 15) is 24.8 Å². The van der Waals surface area contributed by atoms with Crippen molar-refractivity contribution in [1.82, 2.24) is 10.3 Å². The van der Waals surface area contributed by atoms with Gasteiger partial charge in [0.05, 0.1) is 16.4 Å². The van der Waals surface area contributed by atoms with E-state index in [0.717, 1.165) is 27.3 Å². The topological polar surface area (TPSA) is 132 Å². The van der Waals surface area contributed by atoms with Gasteiger partial charge in [-0.2, -0.15) is 5.26 Å². The summed E-state index contributed by atoms with van der Waals surface area (Å²) in [5, 5.41) is 24.0. The summed E-state index contributed by atoms with van der Waals surface area (Å²) in [6, 6.07) is 15.3. The molecule has 9 heteroatoms. The minimum Gasteiger partial charge on any atom is -0.480 e. The minimum absolute atomic E-state index is 0.173. The van der Waals surface area contributed by atoms with Crippen LogP contribution in [-0.4, -0.2) is 33.9 Å². The summed E-state index contributed by atoms with van der Waals surface area (Å²) in [6.07, 6.45) is 1.56. The SMILES string of the molecule is CC(C)C(NC(=O)c1ncc(-c2ccc(NC(=O)c3ccc(C(C)(C)C#N)cc3)cc2)s1)C(=O)O. The van der Waals surface area contributed by atoms with Gasteiger partial charge in [0.2, 0.25) is 0 Å². The fourth-order valence-electron chi connectivity index (χ4n) is 3.25. The molecule has 0 bridgehead atoms. The molecule has 1 atom stereocenters. The van der Waals surface area contributed by atoms with Crippen molar-refractivity contribution in [2.75, 3.05) is 5.32 Å². The molecule has 0 aliphatic carbocycles. The van der Waals surface area contributed by atoms with E-state index >= 15 is 0 Å². The molecule has 35 heavy (non-hydrogen) atoms. The van der Waals surface area contributed by atoms with E-state index in [1.165, 1.54) is 0 Å². The van der Waals surface area contributed by atoms with E-state index in [-0.39, 0.29) is 16.8 Å². The average Bonchev–Trinajstić information content (AvgIpc) is 3.33. The highest BCUT2D eigenvalue weighted by Crippen LogP contribution is 2.28. The van der Waals surface area contributed by atoms with Gasteiger partial charge < -0.3 is 15.7 Å². The Bertz CT molecular complexity index is 1270. The maximum absolute atomic E-state index is 12.6. The third-order valence-corrected chi connectivity index (χ3v) is 6.54. The summed E-state index contributed by atoms with van der Waals surface area (Å²) in [7, 11) is 0. The van der Waals surface area contributed by atoms with Crippen molar-refractivity contribution in [3.05, 3.63) is 70.9 Å². The zero-order valence-electron chi connectivity index (χ0n) is 19.8. The van der Waals surface area contributed by atoms with Crippen molar-refractivity contribution in [3.8, 4) is 16.5 Å². The first-order valence-electron chi connectivity index (χ1n) is 10.9. The van der Waals surface area contributed by atoms with Crippen molar-refractivity contribution in [1.29, 1.82) is 5.26 Å². The number of nitrogens with one attached hydrogen (secondary N) is 2. The molecule has 0 spiro atoms. The molecule has 0 aliphatic heterocycles. The monoisotopic (exact) mass is 490 g/mol. The van der Waals surface area contributed by atoms with Crippen molar-refractivity contribution >= 4 is 34.8 Å². The molecule has 0 saturated carbocycles. The third-order valence-electron chi connectivity index (χ3n) is 5.49. The van der Waals surface area contributed by atoms with Crippen LogP contribution in [0.4, 0.5) is 5.69 Å². The number of carbonyl (C=O) groups is 3. The van der Waals surface area contributed by atoms with Gasteiger partial charge in [-0.1, -0.05) is 38.1 Å². The van der Waals surface area contributed by atoms with Crippen LogP contribution < -0.4 is 10.6 Å². The largest absolute Gasteiger partial charge is 0.480 e. The van der Waals surface area contributed by atoms with Crippen molar-refractivity contribution < 1.29 is 19.5 Å². The lowest BCUT2D eigenvalue weighted by atomic mass is 9.86. The quantitative estimate of drug-likeness (QED) is 0.419. The Hall–Kier alpha value is -4.03. The van der Waals surface area contributed by atoms with Crippen LogP contribution in [0.15, 0.2) is 54.7 Å². The molecular formula is C26H26N4O4S. The predicted octanol–water partition coefficient (Wildman–Crippen LogP) is 4.70. The van der Waals surface area contributed by atoms with E-state index in [1.807, 2.05) is 13.8 Å². The average molecular weight is 491 g/mol. The Balaban J connectivity index is 1.66. The van der Waals surface area contributed by atoms with Crippen LogP contribution in [-0.2, 0) is 10.2 Å². The molecular weight excluding hydrogens is 464 g/mol. The molecule has 1 unspecified atom stereocenters. The van der Waals surface area contributed by atoms with E-state index < -0.39 is 23.3 Å². The molecule has 3 N–H and O–H groups in total. The lowest BCUT2D eigenvalue weighted by molar-refractivity contribution is -0.140. The van der Waals surface area contributed by atoms with Gasteiger partial charge in [-0.3, -0.25) is 9.59 Å². The number of nitriles is 1. The Kier molecular flexibility index (Phi) is 7.67. The van der Waals surface area contributed by atoms with Gasteiger partial charge in [0.1, 0.15) is 6.04 Å². The molecule has 0 radical (unpaired) electrons. The Morgan fingerprint density at radius 1 is 1.03 bits per heavy atom. The van der Waals surface area contributed by atoms with Gasteiger partial charge in [-0.15, -0.1) is 11.3 Å². The second-order valence-corrected chi connectivity index (χ2v) is 9.94. The molecule has 2 aromatic carbocycles. The zero-order valence-corrected chi connectivity index (χ0v) is 20.6. The number of aliphatic carboxylic acids is 1. The van der Waals surface area contributed by atoms with Crippen molar-refractivity contribution in [3.63, 3.8) is 0 Å². The number of carboxylic acid groups (broad SMARTS) is 1. The molecule has 3 aromatic rings. The summed E-state index contributed by atoms with van der Waals surface area (Å²) in [5.41, 5.74) is 2.09. The number of amides is 2. The van der Waals surface area contributed by atoms with E-state index in [0.29, 0.717) is 11.3 Å². The fourth-order valence-corrected chi connectivity index (χ4v) is 4.08. The van der Waals surface area contributed by atoms with Crippen LogP contribution in [0.3, 0.4) is 0 Å². The number of carbonyl (C=O) groups excluding carboxylic acids is 2. The number of hydrogen-bond acceptors (Lipinski definition) is 6. The number of nitrogens with zero attached hydrogens (tertiary/aromatic N) is 2. The molecule has 0 aliphatic rings. The number of thiazole rings is 1. The maximum atomic E-state index is 12.6. The number of hydrogen-bond donors (Lipinski definition) is 3. The highest BCUT2D eigenvalue weighted by Gasteiger charge is 2.25. The van der Waals surface area contributed by atoms with Crippen LogP contribution >= 0.6 is 11.3 Å². The second-order valence-electron chi connectivity index (χ2n) is 8.91. The molecule has 2 amide bonds. The smallest absolute Gasteiger partial charge is 0.326 e. The predicted molar refractivity (Wildman–Crippen MR) is 134 cm³/mol. The normalized spacial score (nSPS) is 12.0. The summed E-state index contributed by atoms with van der Waals surface area (Å²) < 4.78 is 0. The van der Waals surface area contributed by atoms with E-state index in [2.05, 4.69) is 21.7 Å². The van der Waals surface area contributed by atoms with Gasteiger partial charge >= 0.3 is 5.97 Å². The van der Waals surface area contributed by atoms with Gasteiger partial charge in [0.15, 0.2) is 5.01 Å². The van der Waals surface area contributed by atoms with E-state index in [1.54, 1.807) is 68.6 Å². The minimum atomic E-state index is -1.09. The van der Waals surface area contributed by atoms with Crippen LogP contribution in [0.5, 0.6) is 0 Å². The standard InChI is InChI=1S/C26H26N4O4S/c1-15(2)21(25(33)34)30-23(32)24-28-13-20(35-24)16-7-11-19(12-8-16)29-22(31)17-5-9-18(10-6-17)26(3,4)14-27/h5-13,15,21H,1-4H3,(H,29,31)(H,30,32)(H,33,34). The summed E-state index contributed by atoms with van der Waals surface area (Å²) in [6.45, 7) is 7.08. The van der Waals surface area contributed by atoms with Gasteiger partial charge in [0.25, 0.3) is 11.8 Å². The summed E-state index contributed by atoms with van der Waals surface area (Å²) in [5.74, 6) is -2.16. The lowest BCUT2D eigenvalue weighted by Gasteiger charge is -2.16. The molecule has 8 nitrogen and oxygen atoms in total. The van der Waals surface area contributed by atoms with Gasteiger partial charge in [0, 0.05) is 17.4 Å². The first-order chi connectivity index (χ1) is 16.5. The lowest BCUT2D eigenvalue weighted by Crippen LogP contribution is -2.44. The number of rotatable bonds is 8. The van der Waals surface area contributed by atoms with E-state index in [4.69, 9.17) is 0 Å². The Labute approximate surface area is 207 Å². The number of carboxylic acids is 1. The molecule has 0 saturated heterocycles. The second kappa shape index (κ2) is 10.5. The van der Waals surface area contributed by atoms with Crippen molar-refractivity contribution in [2.24, 2.45) is 5.92 Å². The van der Waals surface area contributed by atoms with Crippen LogP contribution in [0.2, 0.25) is 0 Å². The zero-order chi connectivity index (χ0) is 25.8. The number of anilines is 1. The number of benzene rings is 2. The van der Waals surface area contributed by atoms with Crippen LogP contribution in [0.25, 0.3) is 10.4 Å². The van der Waals surface area contributed by atoms with Crippen molar-refractivity contribution in [2.45, 2.75) is 39.2 Å². The highest BCUT2D eigenvalue weighted by atomic mass is 32.1. The maximum Gasteiger partial charge on any atom is 0.326 e. The molecule has 180 valence electrons. The third kappa shape index (κ3) is 6.11. The van der Waals surface area contributed by atoms with Crippen LogP contribution in [0.1, 0.15) is 53.4 Å². The first kappa shape index (κ1) is 25.6. The summed E-state index contributed by atoms with van der Waals surface area (Å²) in [4.78, 5) is 41.2. The first-order valence-corrected chi connectivity index (χ1v) is 11.8. The summed E-state index contributed by atoms with van der Waals surface area (Å²) >= 11 is 1.15. The van der Waals surface area contributed by atoms with Gasteiger partial charge in [-0.05, 0) is 55.2 Å². The molecule has 1 heterocycles. The molecule has 0 fully saturated rings. The van der Waals surface area contributed by atoms with Crippen LogP contribution in [0, 0.1) is 17.2 Å². The molecule has 1 aromatic heterocycles.